The number of benzene rings is 1. The van der Waals surface area contributed by atoms with Crippen molar-refractivity contribution in [1.82, 2.24) is 4.98 Å². The molecular formula is C13H11BrClN3S. The molecule has 6 heteroatoms. The SMILES string of the molecule is Cc1cc(C(N)=S)cc(Nc2cc(Br)ccc2Cl)n1. The van der Waals surface area contributed by atoms with E-state index in [-0.39, 0.29) is 0 Å². The predicted molar refractivity (Wildman–Crippen MR) is 87.3 cm³/mol. The second kappa shape index (κ2) is 5.86. The Morgan fingerprint density at radius 2 is 2.11 bits per heavy atom. The van der Waals surface area contributed by atoms with Gasteiger partial charge in [0.1, 0.15) is 10.8 Å². The number of hydrogen-bond donors (Lipinski definition) is 2. The lowest BCUT2D eigenvalue weighted by Gasteiger charge is -2.10. The van der Waals surface area contributed by atoms with Gasteiger partial charge >= 0.3 is 0 Å². The molecule has 0 aliphatic heterocycles. The fourth-order valence-electron chi connectivity index (χ4n) is 1.61. The van der Waals surface area contributed by atoms with Crippen molar-refractivity contribution >= 4 is 56.2 Å². The van der Waals surface area contributed by atoms with Gasteiger partial charge in [-0.3, -0.25) is 0 Å². The predicted octanol–water partition coefficient (Wildman–Crippen LogP) is 4.18. The van der Waals surface area contributed by atoms with Gasteiger partial charge in [-0.2, -0.15) is 0 Å². The number of thiocarbonyl (C=S) groups is 1. The normalized spacial score (nSPS) is 10.3. The first-order valence-corrected chi connectivity index (χ1v) is 7.04. The smallest absolute Gasteiger partial charge is 0.131 e. The minimum Gasteiger partial charge on any atom is -0.389 e. The molecule has 0 radical (unpaired) electrons. The van der Waals surface area contributed by atoms with Crippen molar-refractivity contribution in [3.63, 3.8) is 0 Å². The number of rotatable bonds is 3. The second-order valence-electron chi connectivity index (χ2n) is 4.00. The number of nitrogens with one attached hydrogen (secondary N) is 1. The van der Waals surface area contributed by atoms with E-state index in [2.05, 4.69) is 26.2 Å². The van der Waals surface area contributed by atoms with Crippen LogP contribution < -0.4 is 11.1 Å². The number of halogens is 2. The molecule has 0 saturated carbocycles. The highest BCUT2D eigenvalue weighted by Gasteiger charge is 2.06. The van der Waals surface area contributed by atoms with Crippen LogP contribution >= 0.6 is 39.7 Å². The minimum atomic E-state index is 0.342. The van der Waals surface area contributed by atoms with Crippen LogP contribution in [0.15, 0.2) is 34.8 Å². The summed E-state index contributed by atoms with van der Waals surface area (Å²) < 4.78 is 0.932. The molecule has 0 aliphatic rings. The second-order valence-corrected chi connectivity index (χ2v) is 5.76. The zero-order valence-electron chi connectivity index (χ0n) is 10.1. The number of nitrogens with zero attached hydrogens (tertiary/aromatic N) is 1. The van der Waals surface area contributed by atoms with Gasteiger partial charge < -0.3 is 11.1 Å². The molecule has 2 rings (SSSR count). The number of pyridine rings is 1. The molecule has 98 valence electrons. The van der Waals surface area contributed by atoms with E-state index >= 15 is 0 Å². The average molecular weight is 357 g/mol. The summed E-state index contributed by atoms with van der Waals surface area (Å²) in [7, 11) is 0. The first-order chi connectivity index (χ1) is 8.95. The Hall–Kier alpha value is -1.17. The molecule has 1 heterocycles. The third-order valence-corrected chi connectivity index (χ3v) is 3.49. The fraction of sp³-hybridized carbons (Fsp3) is 0.0769. The maximum atomic E-state index is 6.13. The van der Waals surface area contributed by atoms with Crippen LogP contribution in [0.25, 0.3) is 0 Å². The van der Waals surface area contributed by atoms with Crippen molar-refractivity contribution in [3.8, 4) is 0 Å². The van der Waals surface area contributed by atoms with E-state index in [0.717, 1.165) is 21.4 Å². The van der Waals surface area contributed by atoms with Crippen LogP contribution in [0.5, 0.6) is 0 Å². The van der Waals surface area contributed by atoms with Crippen LogP contribution in [-0.2, 0) is 0 Å². The van der Waals surface area contributed by atoms with Gasteiger partial charge in [0.15, 0.2) is 0 Å². The van der Waals surface area contributed by atoms with Crippen molar-refractivity contribution in [2.24, 2.45) is 5.73 Å². The quantitative estimate of drug-likeness (QED) is 0.810. The van der Waals surface area contributed by atoms with Crippen molar-refractivity contribution in [3.05, 3.63) is 51.1 Å². The van der Waals surface area contributed by atoms with Crippen molar-refractivity contribution in [2.75, 3.05) is 5.32 Å². The van der Waals surface area contributed by atoms with Gasteiger partial charge in [-0.15, -0.1) is 0 Å². The number of anilines is 2. The highest BCUT2D eigenvalue weighted by molar-refractivity contribution is 9.10. The monoisotopic (exact) mass is 355 g/mol. The van der Waals surface area contributed by atoms with Gasteiger partial charge in [0.25, 0.3) is 0 Å². The number of aromatic nitrogens is 1. The molecule has 1 aromatic heterocycles. The molecule has 2 aromatic rings. The lowest BCUT2D eigenvalue weighted by atomic mass is 10.2. The van der Waals surface area contributed by atoms with Gasteiger partial charge in [0.2, 0.25) is 0 Å². The molecule has 0 atom stereocenters. The third-order valence-electron chi connectivity index (χ3n) is 2.43. The highest BCUT2D eigenvalue weighted by atomic mass is 79.9. The molecule has 19 heavy (non-hydrogen) atoms. The zero-order valence-corrected chi connectivity index (χ0v) is 13.2. The van der Waals surface area contributed by atoms with Crippen LogP contribution in [0.3, 0.4) is 0 Å². The van der Waals surface area contributed by atoms with E-state index in [9.17, 15) is 0 Å². The summed E-state index contributed by atoms with van der Waals surface area (Å²) in [5, 5.41) is 3.78. The lowest BCUT2D eigenvalue weighted by molar-refractivity contribution is 1.19. The van der Waals surface area contributed by atoms with Crippen LogP contribution in [0, 0.1) is 6.92 Å². The average Bonchev–Trinajstić information content (AvgIpc) is 2.33. The Balaban J connectivity index is 2.38. The number of aryl methyl sites for hydroxylation is 1. The van der Waals surface area contributed by atoms with Crippen LogP contribution in [0.4, 0.5) is 11.5 Å². The van der Waals surface area contributed by atoms with E-state index in [0.29, 0.717) is 15.8 Å². The molecule has 3 N–H and O–H groups in total. The largest absolute Gasteiger partial charge is 0.389 e. The van der Waals surface area contributed by atoms with E-state index in [1.165, 1.54) is 0 Å². The Morgan fingerprint density at radius 3 is 2.79 bits per heavy atom. The van der Waals surface area contributed by atoms with Gasteiger partial charge in [0, 0.05) is 15.7 Å². The molecule has 3 nitrogen and oxygen atoms in total. The first kappa shape index (κ1) is 14.2. The van der Waals surface area contributed by atoms with E-state index in [4.69, 9.17) is 29.6 Å². The summed E-state index contributed by atoms with van der Waals surface area (Å²) in [5.41, 5.74) is 8.01. The van der Waals surface area contributed by atoms with Crippen molar-refractivity contribution in [1.29, 1.82) is 0 Å². The standard InChI is InChI=1S/C13H11BrClN3S/c1-7-4-8(13(16)19)5-12(17-7)18-11-6-9(14)2-3-10(11)15/h2-6H,1H3,(H2,16,19)(H,17,18). The molecule has 0 fully saturated rings. The summed E-state index contributed by atoms with van der Waals surface area (Å²) in [6, 6.07) is 9.20. The van der Waals surface area contributed by atoms with E-state index in [1.54, 1.807) is 12.1 Å². The van der Waals surface area contributed by atoms with Gasteiger partial charge in [0.05, 0.1) is 10.7 Å². The molecule has 0 unspecified atom stereocenters. The fourth-order valence-corrected chi connectivity index (χ4v) is 2.25. The molecule has 0 spiro atoms. The lowest BCUT2D eigenvalue weighted by Crippen LogP contribution is -2.10. The highest BCUT2D eigenvalue weighted by Crippen LogP contribution is 2.28. The molecule has 0 saturated heterocycles. The summed E-state index contributed by atoms with van der Waals surface area (Å²) in [6.07, 6.45) is 0. The van der Waals surface area contributed by atoms with Crippen LogP contribution in [0.2, 0.25) is 5.02 Å². The number of hydrogen-bond acceptors (Lipinski definition) is 3. The van der Waals surface area contributed by atoms with E-state index < -0.39 is 0 Å². The van der Waals surface area contributed by atoms with Gasteiger partial charge in [-0.1, -0.05) is 39.7 Å². The molecule has 1 aromatic carbocycles. The Labute approximate surface area is 130 Å². The van der Waals surface area contributed by atoms with Crippen LogP contribution in [0.1, 0.15) is 11.3 Å². The molecule has 0 amide bonds. The summed E-state index contributed by atoms with van der Waals surface area (Å²) >= 11 is 14.5. The maximum absolute atomic E-state index is 6.13. The molecule has 0 bridgehead atoms. The Bertz CT molecular complexity index is 646. The van der Waals surface area contributed by atoms with Crippen molar-refractivity contribution in [2.45, 2.75) is 6.92 Å². The minimum absolute atomic E-state index is 0.342. The number of nitrogens with two attached hydrogens (primary N) is 1. The molecular weight excluding hydrogens is 346 g/mol. The van der Waals surface area contributed by atoms with Crippen molar-refractivity contribution < 1.29 is 0 Å². The van der Waals surface area contributed by atoms with E-state index in [1.807, 2.05) is 25.1 Å². The first-order valence-electron chi connectivity index (χ1n) is 5.46. The Kier molecular flexibility index (Phi) is 4.39. The maximum Gasteiger partial charge on any atom is 0.131 e. The summed E-state index contributed by atoms with van der Waals surface area (Å²) in [5.74, 6) is 0.655. The van der Waals surface area contributed by atoms with Gasteiger partial charge in [-0.05, 0) is 37.3 Å². The summed E-state index contributed by atoms with van der Waals surface area (Å²) in [4.78, 5) is 4.72. The van der Waals surface area contributed by atoms with Gasteiger partial charge in [-0.25, -0.2) is 4.98 Å². The van der Waals surface area contributed by atoms with Crippen LogP contribution in [-0.4, -0.2) is 9.97 Å². The third kappa shape index (κ3) is 3.65. The molecule has 0 aliphatic carbocycles. The zero-order chi connectivity index (χ0) is 14.0. The summed E-state index contributed by atoms with van der Waals surface area (Å²) in [6.45, 7) is 1.88. The Morgan fingerprint density at radius 1 is 1.37 bits per heavy atom. The topological polar surface area (TPSA) is 50.9 Å².